The summed E-state index contributed by atoms with van der Waals surface area (Å²) in [6.07, 6.45) is 0.924. The van der Waals surface area contributed by atoms with E-state index in [1.807, 2.05) is 6.07 Å². The third kappa shape index (κ3) is 1.54. The molecule has 0 nitrogen and oxygen atoms in total. The van der Waals surface area contributed by atoms with Crippen LogP contribution in [-0.4, -0.2) is 6.17 Å². The first kappa shape index (κ1) is 9.63. The first-order chi connectivity index (χ1) is 6.73. The van der Waals surface area contributed by atoms with Gasteiger partial charge in [-0.05, 0) is 24.8 Å². The smallest absolute Gasteiger partial charge is 0.166 e. The van der Waals surface area contributed by atoms with Gasteiger partial charge >= 0.3 is 0 Å². The zero-order valence-electron chi connectivity index (χ0n) is 8.05. The van der Waals surface area contributed by atoms with Crippen LogP contribution in [0.3, 0.4) is 0 Å². The molecule has 1 aromatic rings. The second-order valence-electron chi connectivity index (χ2n) is 3.94. The fraction of sp³-hybridized carbons (Fsp3) is 0.500. The fourth-order valence-corrected chi connectivity index (χ4v) is 2.13. The number of benzene rings is 1. The van der Waals surface area contributed by atoms with Gasteiger partial charge in [-0.25, -0.2) is 8.78 Å². The van der Waals surface area contributed by atoms with Gasteiger partial charge in [0.1, 0.15) is 6.17 Å². The van der Waals surface area contributed by atoms with E-state index in [4.69, 9.17) is 0 Å². The zero-order valence-corrected chi connectivity index (χ0v) is 8.05. The highest BCUT2D eigenvalue weighted by Gasteiger charge is 2.42. The molecule has 1 saturated carbocycles. The van der Waals surface area contributed by atoms with E-state index in [9.17, 15) is 8.78 Å². The van der Waals surface area contributed by atoms with Crippen LogP contribution in [-0.2, 0) is 5.67 Å². The molecule has 1 aliphatic rings. The molecule has 0 amide bonds. The van der Waals surface area contributed by atoms with Crippen LogP contribution in [0.25, 0.3) is 0 Å². The lowest BCUT2D eigenvalue weighted by Crippen LogP contribution is -2.35. The number of alkyl halides is 2. The molecule has 0 unspecified atom stereocenters. The van der Waals surface area contributed by atoms with Crippen molar-refractivity contribution in [2.75, 3.05) is 0 Å². The molecule has 0 aliphatic heterocycles. The van der Waals surface area contributed by atoms with Gasteiger partial charge in [0.25, 0.3) is 0 Å². The van der Waals surface area contributed by atoms with Crippen molar-refractivity contribution in [3.63, 3.8) is 0 Å². The molecule has 0 heterocycles. The molecule has 1 aliphatic carbocycles. The number of hydrogen-bond acceptors (Lipinski definition) is 0. The summed E-state index contributed by atoms with van der Waals surface area (Å²) in [4.78, 5) is 0. The predicted molar refractivity (Wildman–Crippen MR) is 52.6 cm³/mol. The normalized spacial score (nSPS) is 32.9. The van der Waals surface area contributed by atoms with Gasteiger partial charge in [0, 0.05) is 0 Å². The largest absolute Gasteiger partial charge is 0.244 e. The summed E-state index contributed by atoms with van der Waals surface area (Å²) in [5.74, 6) is 0. The Bertz CT molecular complexity index is 296. The number of hydrogen-bond donors (Lipinski definition) is 0. The highest BCUT2D eigenvalue weighted by Crippen LogP contribution is 2.42. The molecule has 2 heteroatoms. The van der Waals surface area contributed by atoms with E-state index in [0.717, 1.165) is 12.8 Å². The molecular weight excluding hydrogens is 182 g/mol. The van der Waals surface area contributed by atoms with E-state index in [2.05, 4.69) is 0 Å². The maximum atomic E-state index is 14.3. The van der Waals surface area contributed by atoms with Crippen LogP contribution in [0.15, 0.2) is 30.3 Å². The summed E-state index contributed by atoms with van der Waals surface area (Å²) in [6, 6.07) is 8.70. The Kier molecular flexibility index (Phi) is 2.53. The third-order valence-corrected chi connectivity index (χ3v) is 3.00. The minimum absolute atomic E-state index is 0.318. The van der Waals surface area contributed by atoms with Gasteiger partial charge in [0.05, 0.1) is 0 Å². The molecule has 0 bridgehead atoms. The predicted octanol–water partition coefficient (Wildman–Crippen LogP) is 3.76. The molecule has 0 radical (unpaired) electrons. The van der Waals surface area contributed by atoms with Crippen LogP contribution in [0.4, 0.5) is 8.78 Å². The lowest BCUT2D eigenvalue weighted by molar-refractivity contribution is 0.00864. The van der Waals surface area contributed by atoms with Gasteiger partial charge in [0.15, 0.2) is 5.67 Å². The average molecular weight is 196 g/mol. The van der Waals surface area contributed by atoms with Crippen molar-refractivity contribution in [2.45, 2.75) is 37.5 Å². The van der Waals surface area contributed by atoms with E-state index in [1.165, 1.54) is 0 Å². The quantitative estimate of drug-likeness (QED) is 0.641. The van der Waals surface area contributed by atoms with Crippen molar-refractivity contribution in [2.24, 2.45) is 0 Å². The summed E-state index contributed by atoms with van der Waals surface area (Å²) in [5, 5.41) is 0. The van der Waals surface area contributed by atoms with E-state index in [-0.39, 0.29) is 0 Å². The molecule has 0 saturated heterocycles. The maximum absolute atomic E-state index is 14.3. The van der Waals surface area contributed by atoms with E-state index in [0.29, 0.717) is 18.4 Å². The second-order valence-corrected chi connectivity index (χ2v) is 3.94. The van der Waals surface area contributed by atoms with Gasteiger partial charge in [-0.2, -0.15) is 0 Å². The second kappa shape index (κ2) is 3.68. The average Bonchev–Trinajstić information content (AvgIpc) is 2.24. The maximum Gasteiger partial charge on any atom is 0.166 e. The Labute approximate surface area is 82.9 Å². The van der Waals surface area contributed by atoms with Crippen molar-refractivity contribution < 1.29 is 8.78 Å². The molecule has 2 rings (SSSR count). The molecule has 76 valence electrons. The van der Waals surface area contributed by atoms with Gasteiger partial charge in [0.2, 0.25) is 0 Å². The minimum atomic E-state index is -1.74. The van der Waals surface area contributed by atoms with E-state index < -0.39 is 11.8 Å². The highest BCUT2D eigenvalue weighted by molar-refractivity contribution is 5.24. The molecule has 1 fully saturated rings. The van der Waals surface area contributed by atoms with Crippen LogP contribution in [0.2, 0.25) is 0 Å². The SMILES string of the molecule is F[C@H]1CCCC[C@@]1(F)c1ccccc1. The van der Waals surface area contributed by atoms with Crippen molar-refractivity contribution in [1.82, 2.24) is 0 Å². The summed E-state index contributed by atoms with van der Waals surface area (Å²) in [5.41, 5.74) is -1.24. The van der Waals surface area contributed by atoms with Crippen molar-refractivity contribution in [3.05, 3.63) is 35.9 Å². The van der Waals surface area contributed by atoms with Crippen molar-refractivity contribution >= 4 is 0 Å². The Morgan fingerprint density at radius 1 is 1.14 bits per heavy atom. The summed E-state index contributed by atoms with van der Waals surface area (Å²) in [7, 11) is 0. The standard InChI is InChI=1S/C12H14F2/c13-11-8-4-5-9-12(11,14)10-6-2-1-3-7-10/h1-3,6-7,11H,4-5,8-9H2/t11-,12+/m0/s1. The Balaban J connectivity index is 2.30. The summed E-state index contributed by atoms with van der Waals surface area (Å²) >= 11 is 0. The number of halogens is 2. The van der Waals surface area contributed by atoms with Crippen LogP contribution in [0, 0.1) is 0 Å². The lowest BCUT2D eigenvalue weighted by Gasteiger charge is -2.33. The van der Waals surface area contributed by atoms with Crippen LogP contribution < -0.4 is 0 Å². The van der Waals surface area contributed by atoms with Crippen LogP contribution in [0.1, 0.15) is 31.2 Å². The Morgan fingerprint density at radius 3 is 2.50 bits per heavy atom. The number of rotatable bonds is 1. The van der Waals surface area contributed by atoms with Crippen LogP contribution >= 0.6 is 0 Å². The summed E-state index contributed by atoms with van der Waals surface area (Å²) < 4.78 is 27.9. The highest BCUT2D eigenvalue weighted by atomic mass is 19.2. The molecule has 2 atom stereocenters. The monoisotopic (exact) mass is 196 g/mol. The molecule has 0 spiro atoms. The minimum Gasteiger partial charge on any atom is -0.244 e. The van der Waals surface area contributed by atoms with Gasteiger partial charge in [-0.15, -0.1) is 0 Å². The van der Waals surface area contributed by atoms with Crippen LogP contribution in [0.5, 0.6) is 0 Å². The van der Waals surface area contributed by atoms with Crippen molar-refractivity contribution in [3.8, 4) is 0 Å². The first-order valence-electron chi connectivity index (χ1n) is 5.12. The Morgan fingerprint density at radius 2 is 1.86 bits per heavy atom. The lowest BCUT2D eigenvalue weighted by atomic mass is 9.80. The fourth-order valence-electron chi connectivity index (χ4n) is 2.13. The van der Waals surface area contributed by atoms with E-state index >= 15 is 0 Å². The van der Waals surface area contributed by atoms with Crippen molar-refractivity contribution in [1.29, 1.82) is 0 Å². The molecule has 0 aromatic heterocycles. The first-order valence-corrected chi connectivity index (χ1v) is 5.12. The third-order valence-electron chi connectivity index (χ3n) is 3.00. The summed E-state index contributed by atoms with van der Waals surface area (Å²) in [6.45, 7) is 0. The van der Waals surface area contributed by atoms with Gasteiger partial charge in [-0.1, -0.05) is 36.8 Å². The van der Waals surface area contributed by atoms with E-state index in [1.54, 1.807) is 24.3 Å². The van der Waals surface area contributed by atoms with Gasteiger partial charge in [-0.3, -0.25) is 0 Å². The molecule has 1 aromatic carbocycles. The molecule has 14 heavy (non-hydrogen) atoms. The topological polar surface area (TPSA) is 0 Å². The Hall–Kier alpha value is -0.920. The molecule has 0 N–H and O–H groups in total. The molecular formula is C12H14F2. The zero-order chi connectivity index (χ0) is 10.0. The van der Waals surface area contributed by atoms with Gasteiger partial charge < -0.3 is 0 Å².